The van der Waals surface area contributed by atoms with E-state index in [-0.39, 0.29) is 22.8 Å². The van der Waals surface area contributed by atoms with E-state index in [1.807, 2.05) is 32.9 Å². The predicted molar refractivity (Wildman–Crippen MR) is 131 cm³/mol. The number of aromatic amines is 1. The van der Waals surface area contributed by atoms with Crippen LogP contribution >= 0.6 is 11.6 Å². The molecular formula is C25H21ClN4O4. The number of rotatable bonds is 6. The molecule has 1 heterocycles. The SMILES string of the molecule is Cc1cc(C)c(C)c(Oc2cc(NC(=O)c3cc(-c4ccc(Cl)cc4)n[nH]3)cc([N+](=O)[O-])c2)c1. The third-order valence-corrected chi connectivity index (χ3v) is 5.57. The second-order valence-corrected chi connectivity index (χ2v) is 8.34. The summed E-state index contributed by atoms with van der Waals surface area (Å²) in [5.41, 5.74) is 4.54. The van der Waals surface area contributed by atoms with Gasteiger partial charge in [-0.1, -0.05) is 29.8 Å². The maximum atomic E-state index is 12.8. The molecular weight excluding hydrogens is 456 g/mol. The summed E-state index contributed by atoms with van der Waals surface area (Å²) in [6, 6.07) is 16.7. The number of halogens is 1. The fourth-order valence-electron chi connectivity index (χ4n) is 3.46. The predicted octanol–water partition coefficient (Wildman–Crippen LogP) is 6.61. The molecule has 0 saturated carbocycles. The van der Waals surface area contributed by atoms with Gasteiger partial charge in [0.05, 0.1) is 22.4 Å². The Balaban J connectivity index is 1.59. The van der Waals surface area contributed by atoms with E-state index in [9.17, 15) is 14.9 Å². The number of carbonyl (C=O) groups excluding carboxylic acids is 1. The van der Waals surface area contributed by atoms with Crippen molar-refractivity contribution in [2.45, 2.75) is 20.8 Å². The topological polar surface area (TPSA) is 110 Å². The van der Waals surface area contributed by atoms with Crippen LogP contribution in [0.15, 0.2) is 60.7 Å². The number of hydrogen-bond acceptors (Lipinski definition) is 5. The van der Waals surface area contributed by atoms with Gasteiger partial charge in [-0.2, -0.15) is 5.10 Å². The zero-order valence-electron chi connectivity index (χ0n) is 18.7. The van der Waals surface area contributed by atoms with E-state index in [0.29, 0.717) is 16.5 Å². The minimum absolute atomic E-state index is 0.198. The molecule has 0 aliphatic carbocycles. The molecule has 0 saturated heterocycles. The first-order valence-corrected chi connectivity index (χ1v) is 10.8. The lowest BCUT2D eigenvalue weighted by atomic mass is 10.1. The quantitative estimate of drug-likeness (QED) is 0.240. The fraction of sp³-hybridized carbons (Fsp3) is 0.120. The number of amides is 1. The summed E-state index contributed by atoms with van der Waals surface area (Å²) >= 11 is 5.92. The summed E-state index contributed by atoms with van der Waals surface area (Å²) in [5.74, 6) is 0.335. The second-order valence-electron chi connectivity index (χ2n) is 7.91. The molecule has 8 nitrogen and oxygen atoms in total. The van der Waals surface area contributed by atoms with Gasteiger partial charge in [-0.3, -0.25) is 20.0 Å². The van der Waals surface area contributed by atoms with Crippen molar-refractivity contribution in [3.8, 4) is 22.8 Å². The molecule has 3 aromatic carbocycles. The van der Waals surface area contributed by atoms with Crippen molar-refractivity contribution in [3.63, 3.8) is 0 Å². The van der Waals surface area contributed by atoms with Crippen LogP contribution in [0.1, 0.15) is 27.2 Å². The zero-order valence-corrected chi connectivity index (χ0v) is 19.4. The lowest BCUT2D eigenvalue weighted by Gasteiger charge is -2.13. The second kappa shape index (κ2) is 9.36. The summed E-state index contributed by atoms with van der Waals surface area (Å²) in [6.45, 7) is 5.83. The van der Waals surface area contributed by atoms with Crippen molar-refractivity contribution in [2.24, 2.45) is 0 Å². The standard InChI is InChI=1S/C25H21ClN4O4/c1-14-8-15(2)16(3)24(9-14)34-21-11-19(10-20(12-21)30(32)33)27-25(31)23-13-22(28-29-23)17-4-6-18(26)7-5-17/h4-13H,1-3H3,(H,27,31)(H,28,29). The van der Waals surface area contributed by atoms with E-state index < -0.39 is 10.8 Å². The maximum Gasteiger partial charge on any atom is 0.275 e. The van der Waals surface area contributed by atoms with Crippen LogP contribution in [0.5, 0.6) is 11.5 Å². The number of non-ortho nitro benzene ring substituents is 1. The van der Waals surface area contributed by atoms with Gasteiger partial charge in [-0.25, -0.2) is 0 Å². The molecule has 0 unspecified atom stereocenters. The lowest BCUT2D eigenvalue weighted by molar-refractivity contribution is -0.384. The Morgan fingerprint density at radius 2 is 1.79 bits per heavy atom. The number of aryl methyl sites for hydroxylation is 2. The molecule has 0 atom stereocenters. The van der Waals surface area contributed by atoms with E-state index in [0.717, 1.165) is 22.3 Å². The molecule has 4 aromatic rings. The van der Waals surface area contributed by atoms with Gasteiger partial charge in [-0.15, -0.1) is 0 Å². The Morgan fingerprint density at radius 1 is 1.06 bits per heavy atom. The summed E-state index contributed by atoms with van der Waals surface area (Å²) in [5, 5.41) is 21.6. The van der Waals surface area contributed by atoms with Gasteiger partial charge < -0.3 is 10.1 Å². The molecule has 0 spiro atoms. The van der Waals surface area contributed by atoms with Gasteiger partial charge in [0.15, 0.2) is 0 Å². The highest BCUT2D eigenvalue weighted by molar-refractivity contribution is 6.30. The molecule has 172 valence electrons. The third-order valence-electron chi connectivity index (χ3n) is 5.31. The number of hydrogen-bond donors (Lipinski definition) is 2. The van der Waals surface area contributed by atoms with Crippen LogP contribution in [-0.2, 0) is 0 Å². The molecule has 1 amide bonds. The molecule has 0 aliphatic rings. The highest BCUT2D eigenvalue weighted by Gasteiger charge is 2.17. The number of nitro benzene ring substituents is 1. The lowest BCUT2D eigenvalue weighted by Crippen LogP contribution is -2.12. The minimum atomic E-state index is -0.536. The Bertz CT molecular complexity index is 1400. The largest absolute Gasteiger partial charge is 0.457 e. The molecule has 0 radical (unpaired) electrons. The first kappa shape index (κ1) is 23.0. The average Bonchev–Trinajstić information content (AvgIpc) is 3.28. The van der Waals surface area contributed by atoms with Gasteiger partial charge >= 0.3 is 0 Å². The van der Waals surface area contributed by atoms with Crippen molar-refractivity contribution >= 4 is 28.9 Å². The molecule has 34 heavy (non-hydrogen) atoms. The molecule has 0 bridgehead atoms. The van der Waals surface area contributed by atoms with Crippen LogP contribution in [0.25, 0.3) is 11.3 Å². The smallest absolute Gasteiger partial charge is 0.275 e. The van der Waals surface area contributed by atoms with E-state index in [1.54, 1.807) is 36.4 Å². The maximum absolute atomic E-state index is 12.8. The van der Waals surface area contributed by atoms with E-state index >= 15 is 0 Å². The van der Waals surface area contributed by atoms with Crippen LogP contribution in [0.2, 0.25) is 5.02 Å². The zero-order chi connectivity index (χ0) is 24.4. The number of nitrogens with one attached hydrogen (secondary N) is 2. The van der Waals surface area contributed by atoms with Crippen LogP contribution in [-0.4, -0.2) is 21.0 Å². The molecule has 1 aromatic heterocycles. The Labute approximate surface area is 200 Å². The van der Waals surface area contributed by atoms with Gasteiger partial charge in [0.25, 0.3) is 11.6 Å². The highest BCUT2D eigenvalue weighted by Crippen LogP contribution is 2.33. The van der Waals surface area contributed by atoms with Crippen LogP contribution in [0, 0.1) is 30.9 Å². The van der Waals surface area contributed by atoms with Crippen molar-refractivity contribution < 1.29 is 14.5 Å². The number of ether oxygens (including phenoxy) is 1. The van der Waals surface area contributed by atoms with Crippen LogP contribution in [0.4, 0.5) is 11.4 Å². The summed E-state index contributed by atoms with van der Waals surface area (Å²) < 4.78 is 5.97. The third kappa shape index (κ3) is 5.07. The highest BCUT2D eigenvalue weighted by atomic mass is 35.5. The Morgan fingerprint density at radius 3 is 2.50 bits per heavy atom. The number of H-pyrrole nitrogens is 1. The molecule has 2 N–H and O–H groups in total. The number of aromatic nitrogens is 2. The molecule has 0 aliphatic heterocycles. The van der Waals surface area contributed by atoms with Gasteiger partial charge in [0.1, 0.15) is 17.2 Å². The van der Waals surface area contributed by atoms with Gasteiger partial charge in [0, 0.05) is 22.7 Å². The Hall–Kier alpha value is -4.17. The number of anilines is 1. The van der Waals surface area contributed by atoms with Crippen molar-refractivity contribution in [1.82, 2.24) is 10.2 Å². The number of benzene rings is 3. The summed E-state index contributed by atoms with van der Waals surface area (Å²) in [4.78, 5) is 23.7. The van der Waals surface area contributed by atoms with Crippen LogP contribution < -0.4 is 10.1 Å². The minimum Gasteiger partial charge on any atom is -0.457 e. The van der Waals surface area contributed by atoms with Crippen molar-refractivity contribution in [1.29, 1.82) is 0 Å². The van der Waals surface area contributed by atoms with Crippen LogP contribution in [0.3, 0.4) is 0 Å². The van der Waals surface area contributed by atoms with Crippen molar-refractivity contribution in [2.75, 3.05) is 5.32 Å². The number of carbonyl (C=O) groups is 1. The first-order valence-electron chi connectivity index (χ1n) is 10.4. The normalized spacial score (nSPS) is 10.7. The average molecular weight is 477 g/mol. The monoisotopic (exact) mass is 476 g/mol. The van der Waals surface area contributed by atoms with Gasteiger partial charge in [-0.05, 0) is 61.7 Å². The number of nitro groups is 1. The number of nitrogens with zero attached hydrogens (tertiary/aromatic N) is 2. The van der Waals surface area contributed by atoms with Gasteiger partial charge in [0.2, 0.25) is 0 Å². The van der Waals surface area contributed by atoms with E-state index in [1.165, 1.54) is 12.1 Å². The first-order chi connectivity index (χ1) is 16.2. The molecule has 4 rings (SSSR count). The van der Waals surface area contributed by atoms with Crippen molar-refractivity contribution in [3.05, 3.63) is 98.2 Å². The summed E-state index contributed by atoms with van der Waals surface area (Å²) in [7, 11) is 0. The van der Waals surface area contributed by atoms with E-state index in [4.69, 9.17) is 16.3 Å². The fourth-order valence-corrected chi connectivity index (χ4v) is 3.58. The summed E-state index contributed by atoms with van der Waals surface area (Å²) in [6.07, 6.45) is 0. The molecule has 9 heteroatoms. The molecule has 0 fully saturated rings. The Kier molecular flexibility index (Phi) is 6.34. The van der Waals surface area contributed by atoms with E-state index in [2.05, 4.69) is 15.5 Å².